The molecule has 16 nitrogen and oxygen atoms in total. The molecule has 6 aliphatic rings. The van der Waals surface area contributed by atoms with E-state index < -0.39 is 0 Å². The molecule has 16 heteroatoms. The van der Waals surface area contributed by atoms with Crippen LogP contribution in [-0.2, 0) is 18.9 Å². The number of H-pyrrole nitrogens is 2. The number of allylic oxidation sites excluding steroid dienone is 8. The van der Waals surface area contributed by atoms with Crippen LogP contribution < -0.4 is 0 Å². The van der Waals surface area contributed by atoms with Crippen molar-refractivity contribution < 1.29 is 39.4 Å². The van der Waals surface area contributed by atoms with E-state index in [4.69, 9.17) is 28.9 Å². The fourth-order valence-electron chi connectivity index (χ4n) is 10.6. The molecule has 6 N–H and O–H groups in total. The number of hydrogen-bond donors (Lipinski definition) is 6. The molecular formula is C60H74N8O8. The SMILES string of the molecule is CCC(OCCO)N1C=CC(c2c3nc(c(C4=CCN(C(CC)OCCO)C=C4)c4ccc([nH]4)c(C4=CCN(C(CC)OCCO)C=C4)c4nc(c(C5=CCN(C(CC)OCCO)C=C5)c5ccc2[nH]5)C=C4)C=C3)=CC1. The fourth-order valence-corrected chi connectivity index (χ4v) is 10.6. The summed E-state index contributed by atoms with van der Waals surface area (Å²) in [7, 11) is 0. The van der Waals surface area contributed by atoms with Crippen molar-refractivity contribution in [2.45, 2.75) is 78.3 Å². The summed E-state index contributed by atoms with van der Waals surface area (Å²) in [4.78, 5) is 27.5. The molecule has 9 rings (SSSR count). The number of nitrogens with one attached hydrogen (secondary N) is 2. The highest BCUT2D eigenvalue weighted by Gasteiger charge is 2.26. The van der Waals surface area contributed by atoms with Crippen molar-refractivity contribution in [1.29, 1.82) is 0 Å². The molecule has 0 saturated heterocycles. The van der Waals surface area contributed by atoms with Gasteiger partial charge in [0.05, 0.1) is 75.6 Å². The maximum Gasteiger partial charge on any atom is 0.129 e. The largest absolute Gasteiger partial charge is 0.394 e. The molecule has 8 bridgehead atoms. The van der Waals surface area contributed by atoms with Crippen LogP contribution in [0.2, 0.25) is 0 Å². The Morgan fingerprint density at radius 2 is 0.632 bits per heavy atom. The minimum absolute atomic E-state index is 0.0419. The van der Waals surface area contributed by atoms with Crippen LogP contribution in [0.3, 0.4) is 0 Å². The third-order valence-corrected chi connectivity index (χ3v) is 14.3. The van der Waals surface area contributed by atoms with Gasteiger partial charge in [-0.3, -0.25) is 0 Å². The minimum Gasteiger partial charge on any atom is -0.394 e. The summed E-state index contributed by atoms with van der Waals surface area (Å²) in [6, 6.07) is 8.54. The summed E-state index contributed by atoms with van der Waals surface area (Å²) < 4.78 is 24.1. The van der Waals surface area contributed by atoms with Crippen LogP contribution >= 0.6 is 0 Å². The molecule has 3 aromatic rings. The van der Waals surface area contributed by atoms with Gasteiger partial charge in [-0.2, -0.15) is 0 Å². The van der Waals surface area contributed by atoms with E-state index in [-0.39, 0.29) is 77.8 Å². The zero-order chi connectivity index (χ0) is 53.0. The summed E-state index contributed by atoms with van der Waals surface area (Å²) in [5.41, 5.74) is 14.6. The first-order chi connectivity index (χ1) is 37.3. The maximum atomic E-state index is 9.57. The van der Waals surface area contributed by atoms with Crippen molar-refractivity contribution in [2.75, 3.05) is 79.0 Å². The third-order valence-electron chi connectivity index (χ3n) is 14.3. The number of fused-ring (bicyclic) bond motifs is 8. The summed E-state index contributed by atoms with van der Waals surface area (Å²) in [6.45, 7) is 11.6. The normalized spacial score (nSPS) is 17.8. The van der Waals surface area contributed by atoms with E-state index >= 15 is 0 Å². The second kappa shape index (κ2) is 26.0. The van der Waals surface area contributed by atoms with Gasteiger partial charge >= 0.3 is 0 Å². The summed E-state index contributed by atoms with van der Waals surface area (Å²) in [6.07, 6.45) is 36.4. The lowest BCUT2D eigenvalue weighted by molar-refractivity contribution is -0.0468. The number of hydrogen-bond acceptors (Lipinski definition) is 14. The van der Waals surface area contributed by atoms with Crippen molar-refractivity contribution in [3.05, 3.63) is 143 Å². The Bertz CT molecular complexity index is 2640. The van der Waals surface area contributed by atoms with Crippen LogP contribution in [0.5, 0.6) is 0 Å². The number of aromatic amines is 2. The molecule has 0 spiro atoms. The van der Waals surface area contributed by atoms with Gasteiger partial charge in [-0.25, -0.2) is 9.97 Å². The molecule has 0 fully saturated rings. The molecule has 76 heavy (non-hydrogen) atoms. The van der Waals surface area contributed by atoms with E-state index in [2.05, 4.69) is 179 Å². The lowest BCUT2D eigenvalue weighted by Gasteiger charge is -2.31. The standard InChI is InChI=1S/C60H74N8O8/c1-5-53(73-37-33-69)65-25-17-41(18-26-65)57-45-9-11-47(61-45)58(42-19-27-66(28-20-42)54(6-2)74-38-34-70)49-13-15-51(63-49)60(44-23-31-68(32-24-44)56(8-4)76-40-36-72)52-16-14-50(64-52)59(48-12-10-46(57)62-48)43-21-29-67(30-22-43)55(7-3)75-39-35-71/h9-25,27,29,31,53-56,61,64,69-72H,5-8,26,28,30,32-40H2,1-4H3. The zero-order valence-electron chi connectivity index (χ0n) is 44.3. The van der Waals surface area contributed by atoms with Gasteiger partial charge in [-0.05, 0) is 121 Å². The molecule has 0 radical (unpaired) electrons. The smallest absolute Gasteiger partial charge is 0.129 e. The maximum absolute atomic E-state index is 9.57. The predicted octanol–water partition coefficient (Wildman–Crippen LogP) is 8.49. The van der Waals surface area contributed by atoms with Gasteiger partial charge in [0.2, 0.25) is 0 Å². The van der Waals surface area contributed by atoms with Crippen molar-refractivity contribution in [2.24, 2.45) is 0 Å². The van der Waals surface area contributed by atoms with Crippen LogP contribution in [0.25, 0.3) is 68.7 Å². The van der Waals surface area contributed by atoms with Crippen molar-refractivity contribution >= 4 is 68.7 Å². The number of nitrogens with zero attached hydrogens (tertiary/aromatic N) is 6. The van der Waals surface area contributed by atoms with Crippen molar-refractivity contribution in [1.82, 2.24) is 39.5 Å². The number of ether oxygens (including phenoxy) is 4. The van der Waals surface area contributed by atoms with Gasteiger partial charge in [-0.15, -0.1) is 0 Å². The zero-order valence-corrected chi connectivity index (χ0v) is 44.3. The molecule has 0 aliphatic carbocycles. The lowest BCUT2D eigenvalue weighted by Crippen LogP contribution is -2.34. The Morgan fingerprint density at radius 3 is 0.816 bits per heavy atom. The van der Waals surface area contributed by atoms with E-state index in [9.17, 15) is 20.4 Å². The van der Waals surface area contributed by atoms with Gasteiger partial charge in [0.15, 0.2) is 0 Å². The second-order valence-corrected chi connectivity index (χ2v) is 19.0. The lowest BCUT2D eigenvalue weighted by atomic mass is 10.0. The molecule has 4 atom stereocenters. The number of aromatic nitrogens is 4. The molecule has 6 aliphatic heterocycles. The van der Waals surface area contributed by atoms with Crippen LogP contribution in [-0.4, -0.2) is 164 Å². The number of rotatable bonds is 24. The highest BCUT2D eigenvalue weighted by molar-refractivity contribution is 5.99. The summed E-state index contributed by atoms with van der Waals surface area (Å²) >= 11 is 0. The van der Waals surface area contributed by atoms with E-state index in [0.29, 0.717) is 26.2 Å². The Kier molecular flexibility index (Phi) is 18.5. The summed E-state index contributed by atoms with van der Waals surface area (Å²) in [5.74, 6) is 0. The molecule has 0 amide bonds. The van der Waals surface area contributed by atoms with Crippen molar-refractivity contribution in [3.8, 4) is 0 Å². The highest BCUT2D eigenvalue weighted by atomic mass is 16.5. The molecule has 4 unspecified atom stereocenters. The van der Waals surface area contributed by atoms with Gasteiger partial charge in [0.25, 0.3) is 0 Å². The van der Waals surface area contributed by atoms with Crippen LogP contribution in [0, 0.1) is 0 Å². The average molecular weight is 1040 g/mol. The fraction of sp³-hybridized carbons (Fsp3) is 0.400. The van der Waals surface area contributed by atoms with E-state index in [1.54, 1.807) is 0 Å². The molecule has 0 saturated carbocycles. The number of aliphatic hydroxyl groups excluding tert-OH is 4. The van der Waals surface area contributed by atoms with Gasteiger partial charge < -0.3 is 68.9 Å². The van der Waals surface area contributed by atoms with Gasteiger partial charge in [0.1, 0.15) is 24.9 Å². The monoisotopic (exact) mass is 1030 g/mol. The molecule has 402 valence electrons. The van der Waals surface area contributed by atoms with E-state index in [1.165, 1.54) is 0 Å². The summed E-state index contributed by atoms with van der Waals surface area (Å²) in [5, 5.41) is 38.3. The third kappa shape index (κ3) is 12.0. The predicted molar refractivity (Wildman–Crippen MR) is 303 cm³/mol. The van der Waals surface area contributed by atoms with E-state index in [0.717, 1.165) is 115 Å². The van der Waals surface area contributed by atoms with Gasteiger partial charge in [0, 0.05) is 95.3 Å². The molecular weight excluding hydrogens is 961 g/mol. The first-order valence-electron chi connectivity index (χ1n) is 27.0. The Labute approximate surface area is 446 Å². The molecule has 3 aromatic heterocycles. The van der Waals surface area contributed by atoms with Crippen molar-refractivity contribution in [3.63, 3.8) is 0 Å². The Morgan fingerprint density at radius 1 is 0.395 bits per heavy atom. The van der Waals surface area contributed by atoms with Crippen LogP contribution in [0.1, 0.15) is 98.4 Å². The average Bonchev–Trinajstić information content (AvgIpc) is 4.33. The van der Waals surface area contributed by atoms with Crippen LogP contribution in [0.15, 0.2) is 97.7 Å². The van der Waals surface area contributed by atoms with E-state index in [1.807, 2.05) is 0 Å². The topological polar surface area (TPSA) is 188 Å². The minimum atomic E-state index is -0.183. The highest BCUT2D eigenvalue weighted by Crippen LogP contribution is 2.38. The second-order valence-electron chi connectivity index (χ2n) is 19.0. The van der Waals surface area contributed by atoms with Gasteiger partial charge in [-0.1, -0.05) is 52.0 Å². The quantitative estimate of drug-likeness (QED) is 0.0345. The van der Waals surface area contributed by atoms with Crippen LogP contribution in [0.4, 0.5) is 0 Å². The first-order valence-corrected chi connectivity index (χ1v) is 27.0. The number of aliphatic hydroxyl groups is 4. The first kappa shape index (κ1) is 54.2. The molecule has 9 heterocycles. The molecule has 0 aromatic carbocycles. The Hall–Kier alpha value is -6.60. The Balaban J connectivity index is 1.27.